The van der Waals surface area contributed by atoms with E-state index in [0.29, 0.717) is 10.8 Å². The molecule has 96 valence electrons. The second-order valence-corrected chi connectivity index (χ2v) is 5.24. The van der Waals surface area contributed by atoms with Gasteiger partial charge in [-0.05, 0) is 31.5 Å². The second-order valence-electron chi connectivity index (χ2n) is 4.21. The fourth-order valence-electron chi connectivity index (χ4n) is 1.76. The number of rotatable bonds is 2. The molecule has 0 aliphatic heterocycles. The van der Waals surface area contributed by atoms with Crippen LogP contribution in [-0.2, 0) is 0 Å². The highest BCUT2D eigenvalue weighted by Crippen LogP contribution is 2.27. The number of nitrogens with one attached hydrogen (secondary N) is 1. The molecule has 0 saturated carbocycles. The zero-order chi connectivity index (χ0) is 13.4. The molecule has 2 aromatic heterocycles. The molecule has 1 amide bonds. The molecular formula is C13H11N3O2S. The molecular weight excluding hydrogens is 262 g/mol. The van der Waals surface area contributed by atoms with Gasteiger partial charge in [0.2, 0.25) is 5.76 Å². The Kier molecular flexibility index (Phi) is 2.79. The first-order valence-corrected chi connectivity index (χ1v) is 6.54. The summed E-state index contributed by atoms with van der Waals surface area (Å²) in [4.78, 5) is 20.2. The molecule has 19 heavy (non-hydrogen) atoms. The Balaban J connectivity index is 1.89. The maximum atomic E-state index is 12.0. The van der Waals surface area contributed by atoms with E-state index in [-0.39, 0.29) is 11.7 Å². The van der Waals surface area contributed by atoms with E-state index >= 15 is 0 Å². The predicted octanol–water partition coefficient (Wildman–Crippen LogP) is 3.15. The van der Waals surface area contributed by atoms with Crippen molar-refractivity contribution < 1.29 is 9.21 Å². The zero-order valence-corrected chi connectivity index (χ0v) is 11.2. The van der Waals surface area contributed by atoms with E-state index in [0.717, 1.165) is 10.2 Å². The molecule has 0 atom stereocenters. The van der Waals surface area contributed by atoms with Crippen LogP contribution in [0.3, 0.4) is 0 Å². The Morgan fingerprint density at radius 2 is 2.21 bits per heavy atom. The summed E-state index contributed by atoms with van der Waals surface area (Å²) in [5.74, 6) is -0.110. The van der Waals surface area contributed by atoms with Gasteiger partial charge in [-0.1, -0.05) is 17.4 Å². The average Bonchev–Trinajstić information content (AvgIpc) is 2.94. The summed E-state index contributed by atoms with van der Waals surface area (Å²) in [6.45, 7) is 3.75. The van der Waals surface area contributed by atoms with E-state index in [1.54, 1.807) is 6.92 Å². The molecule has 0 saturated heterocycles. The van der Waals surface area contributed by atoms with E-state index in [4.69, 9.17) is 4.42 Å². The maximum absolute atomic E-state index is 12.0. The highest BCUT2D eigenvalue weighted by atomic mass is 32.1. The van der Waals surface area contributed by atoms with E-state index < -0.39 is 0 Å². The van der Waals surface area contributed by atoms with Gasteiger partial charge in [-0.3, -0.25) is 10.1 Å². The quantitative estimate of drug-likeness (QED) is 0.778. The van der Waals surface area contributed by atoms with Crippen LogP contribution in [0.25, 0.3) is 10.2 Å². The van der Waals surface area contributed by atoms with Crippen molar-refractivity contribution in [1.29, 1.82) is 0 Å². The molecule has 0 bridgehead atoms. The van der Waals surface area contributed by atoms with Crippen molar-refractivity contribution in [3.63, 3.8) is 0 Å². The largest absolute Gasteiger partial charge is 0.438 e. The summed E-state index contributed by atoms with van der Waals surface area (Å²) in [5.41, 5.74) is 2.61. The standard InChI is InChI=1S/C13H11N3O2S/c1-7-3-4-9-10(5-7)19-13(15-9)16-12(17)11-8(2)14-6-18-11/h3-6H,1-2H3,(H,15,16,17). The summed E-state index contributed by atoms with van der Waals surface area (Å²) >= 11 is 1.44. The van der Waals surface area contributed by atoms with Gasteiger partial charge in [0.25, 0.3) is 5.91 Å². The van der Waals surface area contributed by atoms with Crippen LogP contribution in [0.1, 0.15) is 21.8 Å². The predicted molar refractivity (Wildman–Crippen MR) is 73.6 cm³/mol. The van der Waals surface area contributed by atoms with Crippen molar-refractivity contribution in [3.8, 4) is 0 Å². The number of aromatic nitrogens is 2. The van der Waals surface area contributed by atoms with Crippen molar-refractivity contribution >= 4 is 32.6 Å². The lowest BCUT2D eigenvalue weighted by Gasteiger charge is -1.97. The minimum atomic E-state index is -0.328. The third-order valence-electron chi connectivity index (χ3n) is 2.72. The van der Waals surface area contributed by atoms with Gasteiger partial charge < -0.3 is 4.42 Å². The van der Waals surface area contributed by atoms with Crippen molar-refractivity contribution in [2.24, 2.45) is 0 Å². The molecule has 0 spiro atoms. The Hall–Kier alpha value is -2.21. The first-order valence-electron chi connectivity index (χ1n) is 5.72. The molecule has 5 nitrogen and oxygen atoms in total. The molecule has 0 radical (unpaired) electrons. The van der Waals surface area contributed by atoms with Gasteiger partial charge in [0.15, 0.2) is 11.5 Å². The number of hydrogen-bond donors (Lipinski definition) is 1. The summed E-state index contributed by atoms with van der Waals surface area (Å²) < 4.78 is 6.09. The summed E-state index contributed by atoms with van der Waals surface area (Å²) in [7, 11) is 0. The molecule has 3 aromatic rings. The SMILES string of the molecule is Cc1ccc2nc(NC(=O)c3ocnc3C)sc2c1. The molecule has 1 aromatic carbocycles. The number of anilines is 1. The normalized spacial score (nSPS) is 10.8. The van der Waals surface area contributed by atoms with Gasteiger partial charge in [0, 0.05) is 0 Å². The third kappa shape index (κ3) is 2.22. The van der Waals surface area contributed by atoms with E-state index in [2.05, 4.69) is 15.3 Å². The number of fused-ring (bicyclic) bond motifs is 1. The van der Waals surface area contributed by atoms with Gasteiger partial charge >= 0.3 is 0 Å². The maximum Gasteiger partial charge on any atom is 0.295 e. The summed E-state index contributed by atoms with van der Waals surface area (Å²) in [6, 6.07) is 5.98. The number of thiazole rings is 1. The smallest absolute Gasteiger partial charge is 0.295 e. The molecule has 2 heterocycles. The topological polar surface area (TPSA) is 68.0 Å². The summed E-state index contributed by atoms with van der Waals surface area (Å²) in [5, 5.41) is 3.29. The lowest BCUT2D eigenvalue weighted by atomic mass is 10.2. The first-order chi connectivity index (χ1) is 9.13. The number of nitrogens with zero attached hydrogens (tertiary/aromatic N) is 2. The molecule has 1 N–H and O–H groups in total. The van der Waals surface area contributed by atoms with Crippen molar-refractivity contribution in [3.05, 3.63) is 41.6 Å². The first kappa shape index (κ1) is 11.9. The fourth-order valence-corrected chi connectivity index (χ4v) is 2.72. The minimum absolute atomic E-state index is 0.218. The van der Waals surface area contributed by atoms with Crippen LogP contribution < -0.4 is 5.32 Å². The number of benzene rings is 1. The highest BCUT2D eigenvalue weighted by Gasteiger charge is 2.15. The van der Waals surface area contributed by atoms with Crippen molar-refractivity contribution in [1.82, 2.24) is 9.97 Å². The number of carbonyl (C=O) groups excluding carboxylic acids is 1. The Morgan fingerprint density at radius 3 is 2.95 bits per heavy atom. The number of hydrogen-bond acceptors (Lipinski definition) is 5. The minimum Gasteiger partial charge on any atom is -0.438 e. The van der Waals surface area contributed by atoms with Gasteiger partial charge in [-0.2, -0.15) is 0 Å². The molecule has 3 rings (SSSR count). The van der Waals surface area contributed by atoms with Crippen LogP contribution in [0.2, 0.25) is 0 Å². The van der Waals surface area contributed by atoms with Crippen LogP contribution in [-0.4, -0.2) is 15.9 Å². The van der Waals surface area contributed by atoms with Crippen LogP contribution in [0, 0.1) is 13.8 Å². The molecule has 0 aliphatic carbocycles. The highest BCUT2D eigenvalue weighted by molar-refractivity contribution is 7.22. The van der Waals surface area contributed by atoms with Gasteiger partial charge in [0.05, 0.1) is 15.9 Å². The van der Waals surface area contributed by atoms with E-state index in [1.807, 2.05) is 25.1 Å². The lowest BCUT2D eigenvalue weighted by Crippen LogP contribution is -2.11. The molecule has 0 fully saturated rings. The van der Waals surface area contributed by atoms with Crippen molar-refractivity contribution in [2.75, 3.05) is 5.32 Å². The number of carbonyl (C=O) groups is 1. The molecule has 6 heteroatoms. The lowest BCUT2D eigenvalue weighted by molar-refractivity contribution is 0.0996. The monoisotopic (exact) mass is 273 g/mol. The van der Waals surface area contributed by atoms with Crippen molar-refractivity contribution in [2.45, 2.75) is 13.8 Å². The Bertz CT molecular complexity index is 760. The van der Waals surface area contributed by atoms with Gasteiger partial charge in [-0.25, -0.2) is 9.97 Å². The summed E-state index contributed by atoms with van der Waals surface area (Å²) in [6.07, 6.45) is 1.26. The van der Waals surface area contributed by atoms with Crippen LogP contribution in [0.5, 0.6) is 0 Å². The Morgan fingerprint density at radius 1 is 1.37 bits per heavy atom. The number of oxazole rings is 1. The van der Waals surface area contributed by atoms with Crippen LogP contribution >= 0.6 is 11.3 Å². The van der Waals surface area contributed by atoms with Crippen LogP contribution in [0.4, 0.5) is 5.13 Å². The fraction of sp³-hybridized carbons (Fsp3) is 0.154. The van der Waals surface area contributed by atoms with E-state index in [9.17, 15) is 4.79 Å². The second kappa shape index (κ2) is 4.47. The number of aryl methyl sites for hydroxylation is 2. The zero-order valence-electron chi connectivity index (χ0n) is 10.4. The van der Waals surface area contributed by atoms with Gasteiger partial charge in [0.1, 0.15) is 0 Å². The van der Waals surface area contributed by atoms with Gasteiger partial charge in [-0.15, -0.1) is 0 Å². The molecule has 0 aliphatic rings. The Labute approximate surface area is 113 Å². The third-order valence-corrected chi connectivity index (χ3v) is 3.65. The van der Waals surface area contributed by atoms with Crippen LogP contribution in [0.15, 0.2) is 29.0 Å². The molecule has 0 unspecified atom stereocenters. The van der Waals surface area contributed by atoms with E-state index in [1.165, 1.54) is 23.3 Å². The average molecular weight is 273 g/mol. The number of amides is 1.